The minimum atomic E-state index is -0.617. The predicted octanol–water partition coefficient (Wildman–Crippen LogP) is 4.09. The Hall–Kier alpha value is -4.13. The molecule has 7 heteroatoms. The standard InChI is InChI=1S/C28H24N2O5/c1-16(31)34-15-17-10-11-19-23(13-17)30-12-6-5-9-22(30)24(19)26-25(27(32)35-28(26)33)20-14-29(2)21-8-4-3-7-18(20)21/h3-9,12,14,17H,10-11,13,15H2,1-2H3. The number of esters is 3. The number of nitrogens with zero attached hydrogens (tertiary/aromatic N) is 2. The number of ether oxygens (including phenoxy) is 2. The Kier molecular flexibility index (Phi) is 4.88. The first-order valence-corrected chi connectivity index (χ1v) is 11.7. The Morgan fingerprint density at radius 3 is 2.63 bits per heavy atom. The van der Waals surface area contributed by atoms with Crippen LogP contribution in [-0.4, -0.2) is 33.5 Å². The zero-order valence-electron chi connectivity index (χ0n) is 19.5. The van der Waals surface area contributed by atoms with Crippen LogP contribution in [0.15, 0.2) is 54.9 Å². The fraction of sp³-hybridized carbons (Fsp3) is 0.250. The SMILES string of the molecule is CC(=O)OCC1CCc2c(C3=C(c4cn(C)c5ccccc45)C(=O)OC3=O)c3ccccn3c2C1. The molecule has 0 saturated heterocycles. The first-order chi connectivity index (χ1) is 16.9. The van der Waals surface area contributed by atoms with Gasteiger partial charge in [0.25, 0.3) is 0 Å². The molecule has 6 rings (SSSR count). The van der Waals surface area contributed by atoms with Crippen molar-refractivity contribution >= 4 is 45.5 Å². The quantitative estimate of drug-likeness (QED) is 0.333. The van der Waals surface area contributed by atoms with Crippen molar-refractivity contribution in [3.05, 3.63) is 77.2 Å². The lowest BCUT2D eigenvalue weighted by molar-refractivity contribution is -0.149. The fourth-order valence-corrected chi connectivity index (χ4v) is 5.60. The summed E-state index contributed by atoms with van der Waals surface area (Å²) in [5, 5.41) is 0.896. The van der Waals surface area contributed by atoms with Gasteiger partial charge in [-0.2, -0.15) is 0 Å². The highest BCUT2D eigenvalue weighted by molar-refractivity contribution is 6.46. The van der Waals surface area contributed by atoms with E-state index in [4.69, 9.17) is 9.47 Å². The largest absolute Gasteiger partial charge is 0.466 e. The highest BCUT2D eigenvalue weighted by atomic mass is 16.6. The van der Waals surface area contributed by atoms with E-state index in [1.54, 1.807) is 0 Å². The summed E-state index contributed by atoms with van der Waals surface area (Å²) in [5.74, 6) is -1.32. The summed E-state index contributed by atoms with van der Waals surface area (Å²) < 4.78 is 14.6. The van der Waals surface area contributed by atoms with Crippen molar-refractivity contribution in [3.8, 4) is 0 Å². The summed E-state index contributed by atoms with van der Waals surface area (Å²) in [6.45, 7) is 1.79. The molecule has 1 aromatic carbocycles. The zero-order chi connectivity index (χ0) is 24.3. The molecular weight excluding hydrogens is 444 g/mol. The number of hydrogen-bond acceptors (Lipinski definition) is 5. The average molecular weight is 469 g/mol. The van der Waals surface area contributed by atoms with E-state index >= 15 is 0 Å². The third-order valence-corrected chi connectivity index (χ3v) is 7.12. The van der Waals surface area contributed by atoms with Crippen molar-refractivity contribution in [1.29, 1.82) is 0 Å². The molecule has 1 atom stereocenters. The summed E-state index contributed by atoms with van der Waals surface area (Å²) in [7, 11) is 1.92. The normalized spacial score (nSPS) is 17.8. The van der Waals surface area contributed by atoms with Gasteiger partial charge in [-0.3, -0.25) is 4.79 Å². The number of aromatic nitrogens is 2. The predicted molar refractivity (Wildman–Crippen MR) is 130 cm³/mol. The van der Waals surface area contributed by atoms with Crippen LogP contribution >= 0.6 is 0 Å². The molecule has 3 aromatic heterocycles. The van der Waals surface area contributed by atoms with Gasteiger partial charge < -0.3 is 18.4 Å². The highest BCUT2D eigenvalue weighted by Gasteiger charge is 2.40. The van der Waals surface area contributed by atoms with Gasteiger partial charge in [-0.15, -0.1) is 0 Å². The second kappa shape index (κ2) is 7.98. The number of aryl methyl sites for hydroxylation is 1. The molecule has 1 aliphatic heterocycles. The minimum absolute atomic E-state index is 0.196. The van der Waals surface area contributed by atoms with Crippen LogP contribution in [0.25, 0.3) is 27.6 Å². The molecule has 0 radical (unpaired) electrons. The zero-order valence-corrected chi connectivity index (χ0v) is 19.5. The molecule has 176 valence electrons. The topological polar surface area (TPSA) is 79.0 Å². The van der Waals surface area contributed by atoms with Crippen LogP contribution in [0.1, 0.15) is 35.7 Å². The average Bonchev–Trinajstić information content (AvgIpc) is 3.45. The Balaban J connectivity index is 1.58. The molecule has 35 heavy (non-hydrogen) atoms. The van der Waals surface area contributed by atoms with Crippen molar-refractivity contribution < 1.29 is 23.9 Å². The van der Waals surface area contributed by atoms with E-state index in [9.17, 15) is 14.4 Å². The molecule has 1 unspecified atom stereocenters. The Labute approximate surface area is 201 Å². The number of benzene rings is 1. The van der Waals surface area contributed by atoms with E-state index in [1.165, 1.54) is 6.92 Å². The van der Waals surface area contributed by atoms with E-state index in [1.807, 2.05) is 66.5 Å². The molecule has 0 N–H and O–H groups in total. The first-order valence-electron chi connectivity index (χ1n) is 11.7. The lowest BCUT2D eigenvalue weighted by Gasteiger charge is -2.23. The van der Waals surface area contributed by atoms with Crippen molar-refractivity contribution in [2.45, 2.75) is 26.2 Å². The van der Waals surface area contributed by atoms with Gasteiger partial charge in [-0.05, 0) is 48.9 Å². The van der Waals surface area contributed by atoms with Gasteiger partial charge in [0.2, 0.25) is 0 Å². The Morgan fingerprint density at radius 2 is 1.80 bits per heavy atom. The van der Waals surface area contributed by atoms with E-state index in [0.717, 1.165) is 39.7 Å². The molecule has 0 amide bonds. The molecule has 1 aliphatic carbocycles. The van der Waals surface area contributed by atoms with Crippen LogP contribution in [0.4, 0.5) is 0 Å². The first kappa shape index (κ1) is 21.4. The van der Waals surface area contributed by atoms with Crippen LogP contribution in [0.3, 0.4) is 0 Å². The van der Waals surface area contributed by atoms with Crippen LogP contribution in [0, 0.1) is 5.92 Å². The number of pyridine rings is 1. The maximum atomic E-state index is 13.2. The van der Waals surface area contributed by atoms with Crippen molar-refractivity contribution in [1.82, 2.24) is 8.97 Å². The van der Waals surface area contributed by atoms with Gasteiger partial charge in [0, 0.05) is 54.1 Å². The molecule has 4 aromatic rings. The molecule has 4 heterocycles. The molecule has 0 bridgehead atoms. The van der Waals surface area contributed by atoms with E-state index in [0.29, 0.717) is 36.2 Å². The summed E-state index contributed by atoms with van der Waals surface area (Å²) in [6, 6.07) is 13.7. The summed E-state index contributed by atoms with van der Waals surface area (Å²) in [6.07, 6.45) is 6.12. The maximum Gasteiger partial charge on any atom is 0.347 e. The van der Waals surface area contributed by atoms with Gasteiger partial charge in [-0.25, -0.2) is 9.59 Å². The second-order valence-electron chi connectivity index (χ2n) is 9.27. The Morgan fingerprint density at radius 1 is 1.06 bits per heavy atom. The summed E-state index contributed by atoms with van der Waals surface area (Å²) in [5.41, 5.74) is 6.07. The third kappa shape index (κ3) is 3.30. The molecule has 7 nitrogen and oxygen atoms in total. The summed E-state index contributed by atoms with van der Waals surface area (Å²) >= 11 is 0. The maximum absolute atomic E-state index is 13.2. The monoisotopic (exact) mass is 468 g/mol. The number of carbonyl (C=O) groups is 3. The molecular formula is C28H24N2O5. The Bertz CT molecular complexity index is 1590. The lowest BCUT2D eigenvalue weighted by Crippen LogP contribution is -2.21. The number of para-hydroxylation sites is 1. The van der Waals surface area contributed by atoms with Gasteiger partial charge in [0.15, 0.2) is 0 Å². The van der Waals surface area contributed by atoms with E-state index in [-0.39, 0.29) is 11.9 Å². The van der Waals surface area contributed by atoms with E-state index in [2.05, 4.69) is 4.40 Å². The highest BCUT2D eigenvalue weighted by Crippen LogP contribution is 2.43. The second-order valence-corrected chi connectivity index (χ2v) is 9.27. The number of carbonyl (C=O) groups excluding carboxylic acids is 3. The molecule has 0 fully saturated rings. The van der Waals surface area contributed by atoms with Crippen molar-refractivity contribution in [2.75, 3.05) is 6.61 Å². The number of fused-ring (bicyclic) bond motifs is 4. The molecule has 0 saturated carbocycles. The van der Waals surface area contributed by atoms with Crippen LogP contribution in [0.2, 0.25) is 0 Å². The van der Waals surface area contributed by atoms with Gasteiger partial charge in [0.1, 0.15) is 0 Å². The number of rotatable bonds is 4. The third-order valence-electron chi connectivity index (χ3n) is 7.12. The number of hydrogen-bond donors (Lipinski definition) is 0. The van der Waals surface area contributed by atoms with Crippen LogP contribution in [0.5, 0.6) is 0 Å². The van der Waals surface area contributed by atoms with Crippen LogP contribution in [-0.2, 0) is 43.7 Å². The van der Waals surface area contributed by atoms with Gasteiger partial charge in [-0.1, -0.05) is 24.3 Å². The van der Waals surface area contributed by atoms with E-state index < -0.39 is 11.9 Å². The van der Waals surface area contributed by atoms with Crippen LogP contribution < -0.4 is 0 Å². The van der Waals surface area contributed by atoms with Gasteiger partial charge in [0.05, 0.1) is 23.3 Å². The lowest BCUT2D eigenvalue weighted by atomic mass is 9.84. The fourth-order valence-electron chi connectivity index (χ4n) is 5.60. The minimum Gasteiger partial charge on any atom is -0.466 e. The van der Waals surface area contributed by atoms with Gasteiger partial charge >= 0.3 is 17.9 Å². The molecule has 2 aliphatic rings. The van der Waals surface area contributed by atoms with Crippen molar-refractivity contribution in [2.24, 2.45) is 13.0 Å². The van der Waals surface area contributed by atoms with Crippen molar-refractivity contribution in [3.63, 3.8) is 0 Å². The number of cyclic esters (lactones) is 2. The summed E-state index contributed by atoms with van der Waals surface area (Å²) in [4.78, 5) is 37.6. The smallest absolute Gasteiger partial charge is 0.347 e. The molecule has 0 spiro atoms.